The van der Waals surface area contributed by atoms with E-state index in [4.69, 9.17) is 18.9 Å². The molecule has 4 heterocycles. The molecule has 0 radical (unpaired) electrons. The zero-order valence-corrected chi connectivity index (χ0v) is 23.5. The molecule has 1 amide bonds. The van der Waals surface area contributed by atoms with Crippen LogP contribution in [0.25, 0.3) is 32.9 Å². The minimum atomic E-state index is -0.125. The van der Waals surface area contributed by atoms with Gasteiger partial charge in [0.25, 0.3) is 5.91 Å². The smallest absolute Gasteiger partial charge is 0.267 e. The molecule has 8 nitrogen and oxygen atoms in total. The molecule has 9 heteroatoms. The molecular weight excluding hydrogens is 574 g/mol. The maximum atomic E-state index is 12.6. The van der Waals surface area contributed by atoms with Crippen molar-refractivity contribution in [1.82, 2.24) is 10.3 Å². The van der Waals surface area contributed by atoms with Crippen molar-refractivity contribution in [1.29, 1.82) is 0 Å². The second kappa shape index (κ2) is 10.7. The number of benzene rings is 3. The van der Waals surface area contributed by atoms with Crippen LogP contribution in [-0.4, -0.2) is 37.9 Å². The zero-order chi connectivity index (χ0) is 26.3. The zero-order valence-electron chi connectivity index (χ0n) is 22.0. The molecule has 3 aromatic carbocycles. The molecule has 2 aromatic heterocycles. The minimum Gasteiger partial charge on any atom is -1.00 e. The third kappa shape index (κ3) is 4.60. The molecule has 0 fully saturated rings. The van der Waals surface area contributed by atoms with Crippen molar-refractivity contribution >= 4 is 27.6 Å². The summed E-state index contributed by atoms with van der Waals surface area (Å²) in [5.41, 5.74) is 5.07. The molecule has 5 aromatic rings. The van der Waals surface area contributed by atoms with E-state index >= 15 is 0 Å². The molecule has 2 aliphatic rings. The number of aryl methyl sites for hydroxylation is 2. The summed E-state index contributed by atoms with van der Waals surface area (Å²) in [7, 11) is 1.65. The number of H-pyrrole nitrogens is 1. The van der Waals surface area contributed by atoms with E-state index in [0.29, 0.717) is 36.8 Å². The summed E-state index contributed by atoms with van der Waals surface area (Å²) in [6.45, 7) is 2.06. The van der Waals surface area contributed by atoms with E-state index in [1.54, 1.807) is 7.11 Å². The minimum absolute atomic E-state index is 0. The molecule has 0 saturated carbocycles. The van der Waals surface area contributed by atoms with Crippen molar-refractivity contribution in [3.63, 3.8) is 0 Å². The number of aromatic nitrogens is 2. The molecule has 2 aliphatic heterocycles. The molecule has 0 unspecified atom stereocenters. The van der Waals surface area contributed by atoms with E-state index in [1.165, 1.54) is 5.56 Å². The number of amides is 1. The predicted octanol–water partition coefficient (Wildman–Crippen LogP) is 1.77. The van der Waals surface area contributed by atoms with Crippen LogP contribution in [0.1, 0.15) is 22.5 Å². The van der Waals surface area contributed by atoms with Gasteiger partial charge in [-0.3, -0.25) is 4.79 Å². The number of hydrogen-bond acceptors (Lipinski definition) is 5. The van der Waals surface area contributed by atoms with Gasteiger partial charge >= 0.3 is 0 Å². The number of methoxy groups -OCH3 is 1. The largest absolute Gasteiger partial charge is 1.00 e. The molecule has 7 rings (SSSR count). The first-order valence-electron chi connectivity index (χ1n) is 13.1. The topological polar surface area (TPSA) is 85.7 Å². The fraction of sp³-hybridized carbons (Fsp3) is 0.226. The monoisotopic (exact) mass is 601 g/mol. The number of para-hydroxylation sites is 1. The van der Waals surface area contributed by atoms with Gasteiger partial charge in [0, 0.05) is 29.9 Å². The lowest BCUT2D eigenvalue weighted by Crippen LogP contribution is -3.00. The highest BCUT2D eigenvalue weighted by molar-refractivity contribution is 5.98. The fourth-order valence-electron chi connectivity index (χ4n) is 5.45. The van der Waals surface area contributed by atoms with E-state index in [0.717, 1.165) is 57.4 Å². The second-order valence-electron chi connectivity index (χ2n) is 9.79. The highest BCUT2D eigenvalue weighted by atomic mass is 79.9. The number of hydrogen-bond donors (Lipinski definition) is 2. The quantitative estimate of drug-likeness (QED) is 0.219. The van der Waals surface area contributed by atoms with Crippen LogP contribution >= 0.6 is 0 Å². The van der Waals surface area contributed by atoms with Crippen molar-refractivity contribution in [2.75, 3.05) is 27.1 Å². The lowest BCUT2D eigenvalue weighted by atomic mass is 9.95. The van der Waals surface area contributed by atoms with Crippen molar-refractivity contribution in [3.05, 3.63) is 78.1 Å². The first-order chi connectivity index (χ1) is 19.2. The SMILES string of the molecule is COc1ccc2cc3[n+](cc2c1OCCCNC(=O)c1cc2ccccc2[nH]1)CCc1cc2c(cc1-3)OCO2.[Br-]. The molecule has 0 saturated heterocycles. The second-order valence-corrected chi connectivity index (χ2v) is 9.79. The molecule has 0 bridgehead atoms. The van der Waals surface area contributed by atoms with Gasteiger partial charge in [-0.15, -0.1) is 0 Å². The van der Waals surface area contributed by atoms with E-state index in [1.807, 2.05) is 36.4 Å². The van der Waals surface area contributed by atoms with E-state index in [2.05, 4.69) is 45.3 Å². The van der Waals surface area contributed by atoms with Crippen LogP contribution in [0, 0.1) is 0 Å². The molecule has 204 valence electrons. The number of ether oxygens (including phenoxy) is 4. The lowest BCUT2D eigenvalue weighted by molar-refractivity contribution is -0.686. The summed E-state index contributed by atoms with van der Waals surface area (Å²) >= 11 is 0. The van der Waals surface area contributed by atoms with Crippen LogP contribution < -0.4 is 45.8 Å². The van der Waals surface area contributed by atoms with Gasteiger partial charge in [-0.25, -0.2) is 0 Å². The number of nitrogens with zero attached hydrogens (tertiary/aromatic N) is 1. The fourth-order valence-corrected chi connectivity index (χ4v) is 5.45. The number of rotatable bonds is 7. The Balaban J connectivity index is 0.00000289. The van der Waals surface area contributed by atoms with Gasteiger partial charge in [0.2, 0.25) is 12.5 Å². The van der Waals surface area contributed by atoms with Crippen LogP contribution in [0.15, 0.2) is 66.9 Å². The standard InChI is InChI=1S/C31H27N3O5.BrH/c1-36-27-8-7-19-14-26-22-16-29-28(38-18-39-29)15-20(22)9-11-34(26)17-23(19)30(27)37-12-4-10-32-31(35)25-13-21-5-2-3-6-24(21)33-25;/h2-3,5-8,13-17H,4,9-12,18H2,1H3,(H-,32,33,35);1H. The van der Waals surface area contributed by atoms with Crippen molar-refractivity contribution in [2.45, 2.75) is 19.4 Å². The van der Waals surface area contributed by atoms with Crippen molar-refractivity contribution in [2.24, 2.45) is 0 Å². The summed E-state index contributed by atoms with van der Waals surface area (Å²) in [6, 6.07) is 20.1. The number of carbonyl (C=O) groups excluding carboxylic acids is 1. The maximum absolute atomic E-state index is 12.6. The number of pyridine rings is 1. The van der Waals surface area contributed by atoms with Gasteiger partial charge in [0.05, 0.1) is 24.7 Å². The van der Waals surface area contributed by atoms with Crippen LogP contribution in [-0.2, 0) is 13.0 Å². The summed E-state index contributed by atoms with van der Waals surface area (Å²) in [6.07, 6.45) is 3.71. The first-order valence-corrected chi connectivity index (χ1v) is 13.1. The van der Waals surface area contributed by atoms with Crippen LogP contribution in [0.2, 0.25) is 0 Å². The number of aromatic amines is 1. The van der Waals surface area contributed by atoms with Gasteiger partial charge in [-0.1, -0.05) is 18.2 Å². The van der Waals surface area contributed by atoms with Crippen molar-refractivity contribution < 1.29 is 45.3 Å². The summed E-state index contributed by atoms with van der Waals surface area (Å²) in [5, 5.41) is 6.05. The van der Waals surface area contributed by atoms with E-state index in [-0.39, 0.29) is 29.7 Å². The molecule has 2 N–H and O–H groups in total. The third-order valence-electron chi connectivity index (χ3n) is 7.42. The van der Waals surface area contributed by atoms with Gasteiger partial charge in [-0.2, -0.15) is 4.57 Å². The molecule has 0 atom stereocenters. The van der Waals surface area contributed by atoms with Crippen LogP contribution in [0.4, 0.5) is 0 Å². The Morgan fingerprint density at radius 1 is 1.05 bits per heavy atom. The number of halogens is 1. The summed E-state index contributed by atoms with van der Waals surface area (Å²) in [5.74, 6) is 2.88. The Morgan fingerprint density at radius 2 is 1.90 bits per heavy atom. The molecular formula is C31H28BrN3O5. The number of nitrogens with one attached hydrogen (secondary N) is 2. The van der Waals surface area contributed by atoms with Gasteiger partial charge in [-0.05, 0) is 53.8 Å². The Labute approximate surface area is 241 Å². The first kappa shape index (κ1) is 26.0. The molecule has 40 heavy (non-hydrogen) atoms. The maximum Gasteiger partial charge on any atom is 0.267 e. The van der Waals surface area contributed by atoms with Gasteiger partial charge < -0.3 is 46.2 Å². The third-order valence-corrected chi connectivity index (χ3v) is 7.42. The van der Waals surface area contributed by atoms with E-state index in [9.17, 15) is 4.79 Å². The number of fused-ring (bicyclic) bond motifs is 6. The molecule has 0 aliphatic carbocycles. The molecule has 0 spiro atoms. The van der Waals surface area contributed by atoms with Gasteiger partial charge in [0.1, 0.15) is 5.69 Å². The normalized spacial score (nSPS) is 12.9. The lowest BCUT2D eigenvalue weighted by Gasteiger charge is -2.18. The van der Waals surface area contributed by atoms with Crippen molar-refractivity contribution in [3.8, 4) is 34.3 Å². The Kier molecular flexibility index (Phi) is 6.98. The summed E-state index contributed by atoms with van der Waals surface area (Å²) in [4.78, 5) is 15.8. The number of carbonyl (C=O) groups is 1. The summed E-state index contributed by atoms with van der Waals surface area (Å²) < 4.78 is 25.4. The average molecular weight is 602 g/mol. The highest BCUT2D eigenvalue weighted by Gasteiger charge is 2.28. The van der Waals surface area contributed by atoms with Crippen LogP contribution in [0.5, 0.6) is 23.0 Å². The van der Waals surface area contributed by atoms with Crippen LogP contribution in [0.3, 0.4) is 0 Å². The Morgan fingerprint density at radius 3 is 2.75 bits per heavy atom. The predicted molar refractivity (Wildman–Crippen MR) is 147 cm³/mol. The highest BCUT2D eigenvalue weighted by Crippen LogP contribution is 2.41. The Bertz CT molecular complexity index is 1720. The average Bonchev–Trinajstić information content (AvgIpc) is 3.61. The van der Waals surface area contributed by atoms with E-state index < -0.39 is 0 Å². The van der Waals surface area contributed by atoms with Gasteiger partial charge in [0.15, 0.2) is 35.7 Å². The Hall–Kier alpha value is -4.24.